The zero-order valence-corrected chi connectivity index (χ0v) is 22.7. The second kappa shape index (κ2) is 18.6. The van der Waals surface area contributed by atoms with Gasteiger partial charge in [-0.05, 0) is 44.2 Å². The molecule has 1 aromatic carbocycles. The van der Waals surface area contributed by atoms with Crippen LogP contribution >= 0.6 is 0 Å². The van der Waals surface area contributed by atoms with Gasteiger partial charge >= 0.3 is 5.63 Å². The fourth-order valence-electron chi connectivity index (χ4n) is 3.98. The Hall–Kier alpha value is -2.69. The van der Waals surface area contributed by atoms with Crippen molar-refractivity contribution in [1.29, 1.82) is 0 Å². The smallest absolute Gasteiger partial charge is 0.383 e. The van der Waals surface area contributed by atoms with Gasteiger partial charge in [-0.15, -0.1) is 0 Å². The minimum atomic E-state index is -0.533. The number of benzene rings is 1. The van der Waals surface area contributed by atoms with Crippen molar-refractivity contribution >= 4 is 11.0 Å². The van der Waals surface area contributed by atoms with Crippen molar-refractivity contribution in [1.82, 2.24) is 0 Å². The van der Waals surface area contributed by atoms with Crippen LogP contribution in [-0.4, -0.2) is 19.8 Å². The number of allylic oxidation sites excluding steroid dienone is 2. The maximum atomic E-state index is 12.9. The van der Waals surface area contributed by atoms with E-state index in [1.165, 1.54) is 38.5 Å². The Morgan fingerprint density at radius 1 is 0.694 bits per heavy atom. The van der Waals surface area contributed by atoms with E-state index >= 15 is 0 Å². The minimum Gasteiger partial charge on any atom is -0.489 e. The Bertz CT molecular complexity index is 973. The zero-order valence-electron chi connectivity index (χ0n) is 22.7. The molecule has 0 saturated carbocycles. The number of rotatable bonds is 20. The predicted octanol–water partition coefficient (Wildman–Crippen LogP) is 8.78. The topological polar surface area (TPSA) is 57.9 Å². The lowest BCUT2D eigenvalue weighted by atomic mass is 10.1. The number of ether oxygens (including phenoxy) is 3. The van der Waals surface area contributed by atoms with Gasteiger partial charge in [0.1, 0.15) is 0 Å². The third-order valence-electron chi connectivity index (χ3n) is 5.93. The van der Waals surface area contributed by atoms with Crippen LogP contribution in [0.3, 0.4) is 0 Å². The first kappa shape index (κ1) is 29.5. The van der Waals surface area contributed by atoms with Gasteiger partial charge in [0.15, 0.2) is 17.1 Å². The molecule has 0 amide bonds. The molecule has 0 radical (unpaired) electrons. The Morgan fingerprint density at radius 2 is 1.31 bits per heavy atom. The summed E-state index contributed by atoms with van der Waals surface area (Å²) in [5, 5.41) is 0.704. The van der Waals surface area contributed by atoms with Gasteiger partial charge in [-0.1, -0.05) is 96.1 Å². The normalized spacial score (nSPS) is 11.6. The Balaban J connectivity index is 2.13. The van der Waals surface area contributed by atoms with Gasteiger partial charge in [0.05, 0.1) is 25.2 Å². The van der Waals surface area contributed by atoms with Crippen molar-refractivity contribution in [2.75, 3.05) is 19.8 Å². The molecular weight excluding hydrogens is 452 g/mol. The van der Waals surface area contributed by atoms with Crippen molar-refractivity contribution in [2.24, 2.45) is 0 Å². The van der Waals surface area contributed by atoms with E-state index in [2.05, 4.69) is 45.1 Å². The van der Waals surface area contributed by atoms with Crippen LogP contribution in [0, 0.1) is 0 Å². The fourth-order valence-corrected chi connectivity index (χ4v) is 3.98. The van der Waals surface area contributed by atoms with E-state index in [0.29, 0.717) is 42.3 Å². The Labute approximate surface area is 217 Å². The van der Waals surface area contributed by atoms with Crippen molar-refractivity contribution in [3.63, 3.8) is 0 Å². The van der Waals surface area contributed by atoms with E-state index < -0.39 is 5.63 Å². The predicted molar refractivity (Wildman–Crippen MR) is 150 cm³/mol. The standard InChI is InChI=1S/C31H46O5/c1-4-7-10-13-14-15-16-19-24-34-29-26-21-20-22-27(33-23-17-11-8-5-2)28(26)36-31(32)30(29)35-25-18-12-9-6-3/h8-9,11-12,20-22H,4-7,10,13-19,23-25H2,1-3H3/b11-8+,12-9+. The third kappa shape index (κ3) is 10.5. The summed E-state index contributed by atoms with van der Waals surface area (Å²) in [4.78, 5) is 12.9. The van der Waals surface area contributed by atoms with Crippen LogP contribution in [0.2, 0.25) is 0 Å². The lowest BCUT2D eigenvalue weighted by Crippen LogP contribution is -2.12. The van der Waals surface area contributed by atoms with Gasteiger partial charge in [0.25, 0.3) is 0 Å². The fraction of sp³-hybridized carbons (Fsp3) is 0.581. The quantitative estimate of drug-likeness (QED) is 0.104. The maximum absolute atomic E-state index is 12.9. The molecule has 0 aliphatic carbocycles. The molecule has 0 bridgehead atoms. The number of fused-ring (bicyclic) bond motifs is 1. The van der Waals surface area contributed by atoms with Gasteiger partial charge in [-0.2, -0.15) is 0 Å². The van der Waals surface area contributed by atoms with Crippen LogP contribution in [0.5, 0.6) is 17.2 Å². The van der Waals surface area contributed by atoms with E-state index in [0.717, 1.165) is 38.5 Å². The molecule has 2 aromatic rings. The molecule has 0 fully saturated rings. The summed E-state index contributed by atoms with van der Waals surface area (Å²) >= 11 is 0. The van der Waals surface area contributed by atoms with E-state index in [-0.39, 0.29) is 5.75 Å². The summed E-state index contributed by atoms with van der Waals surface area (Å²) in [6, 6.07) is 5.62. The highest BCUT2D eigenvalue weighted by Gasteiger charge is 2.20. The molecule has 36 heavy (non-hydrogen) atoms. The molecule has 0 N–H and O–H groups in total. The monoisotopic (exact) mass is 498 g/mol. The van der Waals surface area contributed by atoms with Gasteiger partial charge in [0, 0.05) is 0 Å². The molecule has 0 saturated heterocycles. The minimum absolute atomic E-state index is 0.148. The van der Waals surface area contributed by atoms with Crippen LogP contribution in [0.4, 0.5) is 0 Å². The molecule has 0 unspecified atom stereocenters. The summed E-state index contributed by atoms with van der Waals surface area (Å²) in [7, 11) is 0. The number of unbranched alkanes of at least 4 members (excludes halogenated alkanes) is 7. The van der Waals surface area contributed by atoms with E-state index in [1.54, 1.807) is 0 Å². The molecule has 0 aliphatic rings. The highest BCUT2D eigenvalue weighted by Crippen LogP contribution is 2.37. The van der Waals surface area contributed by atoms with Crippen LogP contribution in [-0.2, 0) is 0 Å². The Kier molecular flexibility index (Phi) is 15.2. The molecule has 1 aromatic heterocycles. The summed E-state index contributed by atoms with van der Waals surface area (Å²) < 4.78 is 23.7. The lowest BCUT2D eigenvalue weighted by molar-refractivity contribution is 0.256. The zero-order chi connectivity index (χ0) is 25.8. The van der Waals surface area contributed by atoms with Crippen LogP contribution in [0.1, 0.15) is 97.8 Å². The molecule has 0 atom stereocenters. The molecule has 0 spiro atoms. The second-order valence-electron chi connectivity index (χ2n) is 9.04. The van der Waals surface area contributed by atoms with Gasteiger partial charge in [-0.25, -0.2) is 4.79 Å². The summed E-state index contributed by atoms with van der Waals surface area (Å²) in [5.74, 6) is 1.15. The Morgan fingerprint density at radius 3 is 1.97 bits per heavy atom. The summed E-state index contributed by atoms with van der Waals surface area (Å²) in [6.45, 7) is 7.87. The first-order valence-corrected chi connectivity index (χ1v) is 14.0. The van der Waals surface area contributed by atoms with E-state index in [9.17, 15) is 4.79 Å². The molecular formula is C31H46O5. The van der Waals surface area contributed by atoms with Crippen molar-refractivity contribution in [2.45, 2.75) is 97.8 Å². The highest BCUT2D eigenvalue weighted by molar-refractivity contribution is 5.89. The molecule has 5 heteroatoms. The molecule has 2 rings (SSSR count). The van der Waals surface area contributed by atoms with E-state index in [4.69, 9.17) is 18.6 Å². The van der Waals surface area contributed by atoms with Crippen LogP contribution < -0.4 is 19.8 Å². The lowest BCUT2D eigenvalue weighted by Gasteiger charge is -2.15. The maximum Gasteiger partial charge on any atom is 0.383 e. The molecule has 5 nitrogen and oxygen atoms in total. The van der Waals surface area contributed by atoms with Gasteiger partial charge in [0.2, 0.25) is 5.75 Å². The van der Waals surface area contributed by atoms with E-state index in [1.807, 2.05) is 18.2 Å². The van der Waals surface area contributed by atoms with Crippen LogP contribution in [0.15, 0.2) is 51.7 Å². The van der Waals surface area contributed by atoms with Gasteiger partial charge in [-0.3, -0.25) is 0 Å². The second-order valence-corrected chi connectivity index (χ2v) is 9.04. The van der Waals surface area contributed by atoms with Crippen molar-refractivity contribution < 1.29 is 18.6 Å². The number of para-hydroxylation sites is 1. The first-order valence-electron chi connectivity index (χ1n) is 14.0. The molecule has 1 heterocycles. The van der Waals surface area contributed by atoms with Crippen molar-refractivity contribution in [3.05, 3.63) is 52.9 Å². The third-order valence-corrected chi connectivity index (χ3v) is 5.93. The average Bonchev–Trinajstić information content (AvgIpc) is 2.88. The van der Waals surface area contributed by atoms with Crippen LogP contribution in [0.25, 0.3) is 11.0 Å². The SMILES string of the molecule is CC/C=C/CCOc1c(OCCCCCCCCCC)c2cccc(OCC/C=C/CC)c2oc1=O. The summed E-state index contributed by atoms with van der Waals surface area (Å²) in [5.41, 5.74) is -0.124. The number of hydrogen-bond donors (Lipinski definition) is 0. The molecule has 0 aliphatic heterocycles. The van der Waals surface area contributed by atoms with Gasteiger partial charge < -0.3 is 18.6 Å². The number of hydrogen-bond acceptors (Lipinski definition) is 5. The largest absolute Gasteiger partial charge is 0.489 e. The van der Waals surface area contributed by atoms with Crippen molar-refractivity contribution in [3.8, 4) is 17.2 Å². The first-order chi connectivity index (χ1) is 17.7. The average molecular weight is 499 g/mol. The molecule has 200 valence electrons. The summed E-state index contributed by atoms with van der Waals surface area (Å²) in [6.07, 6.45) is 21.6. The highest BCUT2D eigenvalue weighted by atomic mass is 16.5.